The second-order valence-corrected chi connectivity index (χ2v) is 2.64. The third-order valence-electron chi connectivity index (χ3n) is 1.85. The van der Waals surface area contributed by atoms with Crippen molar-refractivity contribution in [1.29, 1.82) is 0 Å². The average molecular weight is 160 g/mol. The van der Waals surface area contributed by atoms with Crippen LogP contribution in [0.1, 0.15) is 5.56 Å². The molecule has 0 spiro atoms. The van der Waals surface area contributed by atoms with Crippen LogP contribution in [0.4, 0.5) is 0 Å². The summed E-state index contributed by atoms with van der Waals surface area (Å²) in [6.45, 7) is 1.83. The summed E-state index contributed by atoms with van der Waals surface area (Å²) in [6.07, 6.45) is 3.13. The third kappa shape index (κ3) is 0.906. The van der Waals surface area contributed by atoms with Crippen molar-refractivity contribution in [3.63, 3.8) is 0 Å². The lowest BCUT2D eigenvalue weighted by atomic mass is 10.2. The van der Waals surface area contributed by atoms with Gasteiger partial charge in [0, 0.05) is 11.8 Å². The first kappa shape index (κ1) is 7.03. The Bertz CT molecular complexity index is 426. The molecule has 0 aliphatic heterocycles. The Kier molecular flexibility index (Phi) is 1.43. The van der Waals surface area contributed by atoms with Gasteiger partial charge in [0.1, 0.15) is 5.75 Å². The molecule has 0 radical (unpaired) electrons. The number of aryl methyl sites for hydroxylation is 1. The summed E-state index contributed by atoms with van der Waals surface area (Å²) < 4.78 is 0. The lowest BCUT2D eigenvalue weighted by Gasteiger charge is -2.00. The Labute approximate surface area is 69.7 Å². The topological polar surface area (TPSA) is 46.0 Å². The van der Waals surface area contributed by atoms with Crippen LogP contribution in [0.25, 0.3) is 11.0 Å². The maximum atomic E-state index is 9.31. The van der Waals surface area contributed by atoms with Crippen LogP contribution in [0, 0.1) is 6.92 Å². The number of aromatic nitrogens is 2. The van der Waals surface area contributed by atoms with E-state index in [0.717, 1.165) is 16.6 Å². The number of nitrogens with zero attached hydrogens (tertiary/aromatic N) is 2. The van der Waals surface area contributed by atoms with E-state index in [1.807, 2.05) is 19.1 Å². The van der Waals surface area contributed by atoms with E-state index in [1.54, 1.807) is 6.20 Å². The van der Waals surface area contributed by atoms with Gasteiger partial charge >= 0.3 is 0 Å². The van der Waals surface area contributed by atoms with Crippen molar-refractivity contribution < 1.29 is 5.11 Å². The Balaban J connectivity index is 2.91. The van der Waals surface area contributed by atoms with Gasteiger partial charge in [-0.05, 0) is 19.1 Å². The van der Waals surface area contributed by atoms with E-state index >= 15 is 0 Å². The van der Waals surface area contributed by atoms with Crippen LogP contribution in [0.5, 0.6) is 5.75 Å². The molecule has 0 aliphatic rings. The van der Waals surface area contributed by atoms with Crippen molar-refractivity contribution in [3.05, 3.63) is 30.1 Å². The van der Waals surface area contributed by atoms with E-state index in [0.29, 0.717) is 0 Å². The highest BCUT2D eigenvalue weighted by Gasteiger charge is 2.02. The highest BCUT2D eigenvalue weighted by molar-refractivity contribution is 5.78. The zero-order valence-corrected chi connectivity index (χ0v) is 6.65. The fraction of sp³-hybridized carbons (Fsp3) is 0.111. The number of pyridine rings is 2. The van der Waals surface area contributed by atoms with Crippen LogP contribution in [0.15, 0.2) is 24.5 Å². The number of hydrogen-bond donors (Lipinski definition) is 1. The molecule has 0 aromatic carbocycles. The van der Waals surface area contributed by atoms with Crippen molar-refractivity contribution in [3.8, 4) is 5.75 Å². The molecule has 3 heteroatoms. The van der Waals surface area contributed by atoms with Crippen molar-refractivity contribution in [2.45, 2.75) is 6.92 Å². The minimum absolute atomic E-state index is 0.196. The third-order valence-corrected chi connectivity index (χ3v) is 1.85. The van der Waals surface area contributed by atoms with Gasteiger partial charge in [-0.1, -0.05) is 0 Å². The van der Waals surface area contributed by atoms with Crippen LogP contribution >= 0.6 is 0 Å². The van der Waals surface area contributed by atoms with Crippen molar-refractivity contribution in [2.24, 2.45) is 0 Å². The summed E-state index contributed by atoms with van der Waals surface area (Å²) in [7, 11) is 0. The minimum Gasteiger partial charge on any atom is -0.506 e. The summed E-state index contributed by atoms with van der Waals surface area (Å²) in [5.41, 5.74) is 2.35. The Morgan fingerprint density at radius 3 is 3.00 bits per heavy atom. The van der Waals surface area contributed by atoms with Crippen LogP contribution in [-0.4, -0.2) is 15.1 Å². The summed E-state index contributed by atoms with van der Waals surface area (Å²) in [5, 5.41) is 9.31. The number of rotatable bonds is 0. The number of hydrogen-bond acceptors (Lipinski definition) is 3. The zero-order chi connectivity index (χ0) is 8.55. The molecule has 0 atom stereocenters. The van der Waals surface area contributed by atoms with E-state index in [2.05, 4.69) is 9.97 Å². The molecule has 0 bridgehead atoms. The molecule has 0 unspecified atom stereocenters. The van der Waals surface area contributed by atoms with Crippen molar-refractivity contribution >= 4 is 11.0 Å². The fourth-order valence-electron chi connectivity index (χ4n) is 1.14. The lowest BCUT2D eigenvalue weighted by molar-refractivity contribution is 0.469. The molecule has 1 N–H and O–H groups in total. The summed E-state index contributed by atoms with van der Waals surface area (Å²) in [6, 6.07) is 3.70. The maximum Gasteiger partial charge on any atom is 0.138 e. The molecular weight excluding hydrogens is 152 g/mol. The van der Waals surface area contributed by atoms with Crippen LogP contribution in [-0.2, 0) is 0 Å². The second-order valence-electron chi connectivity index (χ2n) is 2.64. The van der Waals surface area contributed by atoms with Gasteiger partial charge in [0.2, 0.25) is 0 Å². The predicted octanol–water partition coefficient (Wildman–Crippen LogP) is 1.64. The van der Waals surface area contributed by atoms with Gasteiger partial charge in [-0.15, -0.1) is 0 Å². The molecule has 2 aromatic heterocycles. The van der Waals surface area contributed by atoms with Gasteiger partial charge in [0.25, 0.3) is 0 Å². The van der Waals surface area contributed by atoms with Gasteiger partial charge < -0.3 is 5.11 Å². The molecule has 0 saturated heterocycles. The standard InChI is InChI=1S/C9H8N2O/c1-6-8(12)5-11-7-3-2-4-10-9(6)7/h2-5,12H,1H3. The molecule has 3 nitrogen and oxygen atoms in total. The second kappa shape index (κ2) is 2.44. The maximum absolute atomic E-state index is 9.31. The molecule has 0 fully saturated rings. The first-order valence-corrected chi connectivity index (χ1v) is 3.68. The Hall–Kier alpha value is -1.64. The summed E-state index contributed by atoms with van der Waals surface area (Å²) >= 11 is 0. The van der Waals surface area contributed by atoms with Gasteiger partial charge in [0.05, 0.1) is 17.2 Å². The highest BCUT2D eigenvalue weighted by atomic mass is 16.3. The van der Waals surface area contributed by atoms with E-state index in [1.165, 1.54) is 6.20 Å². The summed E-state index contributed by atoms with van der Waals surface area (Å²) in [4.78, 5) is 8.15. The van der Waals surface area contributed by atoms with E-state index < -0.39 is 0 Å². The van der Waals surface area contributed by atoms with Crippen LogP contribution < -0.4 is 0 Å². The van der Waals surface area contributed by atoms with Gasteiger partial charge in [0.15, 0.2) is 0 Å². The van der Waals surface area contributed by atoms with Gasteiger partial charge in [-0.25, -0.2) is 0 Å². The normalized spacial score (nSPS) is 10.4. The van der Waals surface area contributed by atoms with Gasteiger partial charge in [-0.3, -0.25) is 9.97 Å². The van der Waals surface area contributed by atoms with Gasteiger partial charge in [-0.2, -0.15) is 0 Å². The largest absolute Gasteiger partial charge is 0.506 e. The molecular formula is C9H8N2O. The Morgan fingerprint density at radius 1 is 1.33 bits per heavy atom. The Morgan fingerprint density at radius 2 is 2.17 bits per heavy atom. The van der Waals surface area contributed by atoms with E-state index in [4.69, 9.17) is 0 Å². The highest BCUT2D eigenvalue weighted by Crippen LogP contribution is 2.21. The molecule has 2 heterocycles. The average Bonchev–Trinajstić information content (AvgIpc) is 2.12. The molecule has 2 aromatic rings. The minimum atomic E-state index is 0.196. The van der Waals surface area contributed by atoms with Crippen LogP contribution in [0.2, 0.25) is 0 Å². The first-order valence-electron chi connectivity index (χ1n) is 3.68. The molecule has 60 valence electrons. The molecule has 0 amide bonds. The SMILES string of the molecule is Cc1c(O)cnc2cccnc12. The number of aromatic hydroxyl groups is 1. The fourth-order valence-corrected chi connectivity index (χ4v) is 1.14. The quantitative estimate of drug-likeness (QED) is 0.637. The summed E-state index contributed by atoms with van der Waals surface area (Å²) in [5.74, 6) is 0.196. The van der Waals surface area contributed by atoms with Crippen molar-refractivity contribution in [1.82, 2.24) is 9.97 Å². The molecule has 0 aliphatic carbocycles. The van der Waals surface area contributed by atoms with E-state index in [9.17, 15) is 5.11 Å². The molecule has 12 heavy (non-hydrogen) atoms. The monoisotopic (exact) mass is 160 g/mol. The lowest BCUT2D eigenvalue weighted by Crippen LogP contribution is -1.85. The van der Waals surface area contributed by atoms with E-state index in [-0.39, 0.29) is 5.75 Å². The predicted molar refractivity (Wildman–Crippen MR) is 45.9 cm³/mol. The first-order chi connectivity index (χ1) is 5.79. The van der Waals surface area contributed by atoms with Crippen LogP contribution in [0.3, 0.4) is 0 Å². The zero-order valence-electron chi connectivity index (χ0n) is 6.65. The molecule has 0 saturated carbocycles. The van der Waals surface area contributed by atoms with Crippen molar-refractivity contribution in [2.75, 3.05) is 0 Å². The smallest absolute Gasteiger partial charge is 0.138 e. The molecule has 2 rings (SSSR count). The number of fused-ring (bicyclic) bond motifs is 1.